The van der Waals surface area contributed by atoms with Crippen LogP contribution in [0.15, 0.2) is 0 Å². The SMILES string of the molecule is CCC(CC)CC(N)C1COCCN1C(=O)OC(C)(C)C. The largest absolute Gasteiger partial charge is 0.444 e. The summed E-state index contributed by atoms with van der Waals surface area (Å²) in [5.74, 6) is 0.599. The average Bonchev–Trinajstić information content (AvgIpc) is 2.42. The Bertz CT molecular complexity index is 324. The third kappa shape index (κ3) is 5.83. The zero-order chi connectivity index (χ0) is 16.0. The van der Waals surface area contributed by atoms with Gasteiger partial charge in [0.25, 0.3) is 0 Å². The van der Waals surface area contributed by atoms with Crippen molar-refractivity contribution in [2.45, 2.75) is 71.6 Å². The molecule has 1 heterocycles. The standard InChI is InChI=1S/C16H32N2O3/c1-6-12(7-2)10-13(17)14-11-20-9-8-18(14)15(19)21-16(3,4)5/h12-14H,6-11,17H2,1-5H3. The van der Waals surface area contributed by atoms with Gasteiger partial charge in [0, 0.05) is 12.6 Å². The molecule has 0 spiro atoms. The fraction of sp³-hybridized carbons (Fsp3) is 0.938. The van der Waals surface area contributed by atoms with Gasteiger partial charge in [-0.3, -0.25) is 4.90 Å². The third-order valence-corrected chi connectivity index (χ3v) is 4.05. The van der Waals surface area contributed by atoms with Crippen molar-refractivity contribution in [1.82, 2.24) is 4.90 Å². The number of hydrogen-bond donors (Lipinski definition) is 1. The molecule has 0 bridgehead atoms. The smallest absolute Gasteiger partial charge is 0.410 e. The molecule has 5 nitrogen and oxygen atoms in total. The van der Waals surface area contributed by atoms with Crippen LogP contribution in [0.25, 0.3) is 0 Å². The average molecular weight is 300 g/mol. The van der Waals surface area contributed by atoms with Gasteiger partial charge in [-0.1, -0.05) is 26.7 Å². The van der Waals surface area contributed by atoms with E-state index in [0.717, 1.165) is 19.3 Å². The lowest BCUT2D eigenvalue weighted by Crippen LogP contribution is -2.57. The van der Waals surface area contributed by atoms with Crippen LogP contribution in [0.3, 0.4) is 0 Å². The summed E-state index contributed by atoms with van der Waals surface area (Å²) in [7, 11) is 0. The van der Waals surface area contributed by atoms with Gasteiger partial charge in [0.15, 0.2) is 0 Å². The molecule has 1 aliphatic heterocycles. The lowest BCUT2D eigenvalue weighted by molar-refractivity contribution is -0.0396. The van der Waals surface area contributed by atoms with Crippen LogP contribution >= 0.6 is 0 Å². The molecule has 2 atom stereocenters. The van der Waals surface area contributed by atoms with Crippen molar-refractivity contribution >= 4 is 6.09 Å². The molecule has 2 N–H and O–H groups in total. The van der Waals surface area contributed by atoms with E-state index in [9.17, 15) is 4.79 Å². The number of rotatable bonds is 5. The van der Waals surface area contributed by atoms with E-state index in [1.807, 2.05) is 20.8 Å². The first kappa shape index (κ1) is 18.2. The second-order valence-corrected chi connectivity index (χ2v) is 6.90. The Morgan fingerprint density at radius 1 is 1.38 bits per heavy atom. The van der Waals surface area contributed by atoms with E-state index in [-0.39, 0.29) is 18.2 Å². The Balaban J connectivity index is 2.70. The van der Waals surface area contributed by atoms with Crippen LogP contribution in [0.1, 0.15) is 53.9 Å². The lowest BCUT2D eigenvalue weighted by Gasteiger charge is -2.40. The molecular weight excluding hydrogens is 268 g/mol. The van der Waals surface area contributed by atoms with Gasteiger partial charge in [-0.05, 0) is 33.1 Å². The van der Waals surface area contributed by atoms with Gasteiger partial charge in [-0.2, -0.15) is 0 Å². The Kier molecular flexibility index (Phi) is 6.94. The summed E-state index contributed by atoms with van der Waals surface area (Å²) in [4.78, 5) is 14.1. The molecule has 1 rings (SSSR count). The molecule has 5 heteroatoms. The summed E-state index contributed by atoms with van der Waals surface area (Å²) in [6.07, 6.45) is 2.87. The van der Waals surface area contributed by atoms with Gasteiger partial charge in [-0.15, -0.1) is 0 Å². The van der Waals surface area contributed by atoms with E-state index in [1.165, 1.54) is 0 Å². The van der Waals surface area contributed by atoms with Crippen molar-refractivity contribution in [3.05, 3.63) is 0 Å². The van der Waals surface area contributed by atoms with Crippen LogP contribution in [-0.4, -0.2) is 48.4 Å². The van der Waals surface area contributed by atoms with Crippen molar-refractivity contribution in [2.24, 2.45) is 11.7 Å². The van der Waals surface area contributed by atoms with Crippen molar-refractivity contribution in [2.75, 3.05) is 19.8 Å². The highest BCUT2D eigenvalue weighted by molar-refractivity contribution is 5.68. The minimum Gasteiger partial charge on any atom is -0.444 e. The van der Waals surface area contributed by atoms with Crippen molar-refractivity contribution in [3.8, 4) is 0 Å². The molecule has 1 saturated heterocycles. The van der Waals surface area contributed by atoms with Crippen molar-refractivity contribution in [1.29, 1.82) is 0 Å². The molecule has 124 valence electrons. The molecule has 0 radical (unpaired) electrons. The van der Waals surface area contributed by atoms with Crippen LogP contribution < -0.4 is 5.73 Å². The highest BCUT2D eigenvalue weighted by atomic mass is 16.6. The number of nitrogens with zero attached hydrogens (tertiary/aromatic N) is 1. The Morgan fingerprint density at radius 3 is 2.52 bits per heavy atom. The summed E-state index contributed by atoms with van der Waals surface area (Å²) in [6.45, 7) is 11.6. The van der Waals surface area contributed by atoms with E-state index in [1.54, 1.807) is 4.90 Å². The normalized spacial score (nSPS) is 21.5. The summed E-state index contributed by atoms with van der Waals surface area (Å²) in [6, 6.07) is -0.156. The highest BCUT2D eigenvalue weighted by Crippen LogP contribution is 2.21. The first-order valence-corrected chi connectivity index (χ1v) is 8.11. The summed E-state index contributed by atoms with van der Waals surface area (Å²) in [5.41, 5.74) is 5.88. The van der Waals surface area contributed by atoms with Crippen LogP contribution in [0.2, 0.25) is 0 Å². The molecule has 0 saturated carbocycles. The van der Waals surface area contributed by atoms with Gasteiger partial charge in [0.1, 0.15) is 5.60 Å². The molecule has 21 heavy (non-hydrogen) atoms. The maximum Gasteiger partial charge on any atom is 0.410 e. The number of carbonyl (C=O) groups excluding carboxylic acids is 1. The van der Waals surface area contributed by atoms with E-state index in [2.05, 4.69) is 13.8 Å². The van der Waals surface area contributed by atoms with Crippen LogP contribution in [0, 0.1) is 5.92 Å². The molecule has 2 unspecified atom stereocenters. The fourth-order valence-electron chi connectivity index (χ4n) is 2.69. The van der Waals surface area contributed by atoms with Gasteiger partial charge >= 0.3 is 6.09 Å². The predicted molar refractivity (Wildman–Crippen MR) is 84.2 cm³/mol. The van der Waals surface area contributed by atoms with Crippen LogP contribution in [0.5, 0.6) is 0 Å². The highest BCUT2D eigenvalue weighted by Gasteiger charge is 2.35. The van der Waals surface area contributed by atoms with Gasteiger partial charge in [0.05, 0.1) is 19.3 Å². The summed E-state index contributed by atoms with van der Waals surface area (Å²) in [5, 5.41) is 0. The van der Waals surface area contributed by atoms with Gasteiger partial charge in [-0.25, -0.2) is 4.79 Å². The Morgan fingerprint density at radius 2 is 2.00 bits per heavy atom. The van der Waals surface area contributed by atoms with Crippen LogP contribution in [-0.2, 0) is 9.47 Å². The topological polar surface area (TPSA) is 64.8 Å². The summed E-state index contributed by atoms with van der Waals surface area (Å²) >= 11 is 0. The second-order valence-electron chi connectivity index (χ2n) is 6.90. The fourth-order valence-corrected chi connectivity index (χ4v) is 2.69. The third-order valence-electron chi connectivity index (χ3n) is 4.05. The molecule has 1 aliphatic rings. The molecule has 0 aromatic carbocycles. The van der Waals surface area contributed by atoms with E-state index in [4.69, 9.17) is 15.2 Å². The minimum absolute atomic E-state index is 0.0669. The minimum atomic E-state index is -0.487. The maximum absolute atomic E-state index is 12.3. The molecule has 0 aliphatic carbocycles. The molecule has 0 aromatic rings. The Labute approximate surface area is 129 Å². The van der Waals surface area contributed by atoms with E-state index < -0.39 is 5.60 Å². The lowest BCUT2D eigenvalue weighted by atomic mass is 9.91. The zero-order valence-electron chi connectivity index (χ0n) is 14.2. The van der Waals surface area contributed by atoms with Gasteiger partial charge in [0.2, 0.25) is 0 Å². The number of carbonyl (C=O) groups is 1. The number of nitrogens with two attached hydrogens (primary N) is 1. The monoisotopic (exact) mass is 300 g/mol. The van der Waals surface area contributed by atoms with Crippen molar-refractivity contribution in [3.63, 3.8) is 0 Å². The van der Waals surface area contributed by atoms with Gasteiger partial charge < -0.3 is 15.2 Å². The number of hydrogen-bond acceptors (Lipinski definition) is 4. The number of ether oxygens (including phenoxy) is 2. The first-order valence-electron chi connectivity index (χ1n) is 8.11. The quantitative estimate of drug-likeness (QED) is 0.848. The second kappa shape index (κ2) is 7.99. The van der Waals surface area contributed by atoms with E-state index in [0.29, 0.717) is 25.7 Å². The predicted octanol–water partition coefficient (Wildman–Crippen LogP) is 2.78. The molecule has 1 amide bonds. The van der Waals surface area contributed by atoms with E-state index >= 15 is 0 Å². The molecule has 0 aromatic heterocycles. The van der Waals surface area contributed by atoms with Crippen molar-refractivity contribution < 1.29 is 14.3 Å². The number of morpholine rings is 1. The molecular formula is C16H32N2O3. The summed E-state index contributed by atoms with van der Waals surface area (Å²) < 4.78 is 11.0. The molecule has 1 fully saturated rings. The zero-order valence-corrected chi connectivity index (χ0v) is 14.2. The first-order chi connectivity index (χ1) is 9.78. The number of amides is 1. The van der Waals surface area contributed by atoms with Crippen LogP contribution in [0.4, 0.5) is 4.79 Å². The maximum atomic E-state index is 12.3. The Hall–Kier alpha value is -0.810.